The van der Waals surface area contributed by atoms with Gasteiger partial charge >= 0.3 is 5.97 Å². The molecule has 8 aliphatic heterocycles. The molecule has 0 spiro atoms. The van der Waals surface area contributed by atoms with E-state index >= 15 is 0 Å². The van der Waals surface area contributed by atoms with E-state index in [9.17, 15) is 132 Å². The number of carbonyl (C=O) groups is 3. The van der Waals surface area contributed by atoms with Crippen molar-refractivity contribution in [1.82, 2.24) is 10.6 Å². The smallest absolute Gasteiger partial charge is 0.364 e. The van der Waals surface area contributed by atoms with Crippen molar-refractivity contribution in [3.63, 3.8) is 0 Å². The van der Waals surface area contributed by atoms with E-state index in [1.807, 2.05) is 0 Å². The van der Waals surface area contributed by atoms with E-state index < -0.39 is 308 Å². The van der Waals surface area contributed by atoms with Crippen molar-refractivity contribution < 1.29 is 203 Å². The van der Waals surface area contributed by atoms with Crippen LogP contribution in [0.15, 0.2) is 0 Å². The second-order valence-electron chi connectivity index (χ2n) is 25.3. The van der Waals surface area contributed by atoms with Gasteiger partial charge in [0.1, 0.15) is 177 Å². The van der Waals surface area contributed by atoms with Crippen molar-refractivity contribution in [3.05, 3.63) is 0 Å². The minimum atomic E-state index is -3.25. The van der Waals surface area contributed by atoms with E-state index in [1.54, 1.807) is 0 Å². The van der Waals surface area contributed by atoms with Crippen LogP contribution in [0, 0.1) is 0 Å². The van der Waals surface area contributed by atoms with Crippen LogP contribution in [0.1, 0.15) is 41.0 Å². The number of hydrogen-bond donors (Lipinski definition) is 25. The maximum atomic E-state index is 13.6. The van der Waals surface area contributed by atoms with Crippen molar-refractivity contribution >= 4 is 17.8 Å². The first kappa shape index (κ1) is 80.6. The lowest BCUT2D eigenvalue weighted by Crippen LogP contribution is -2.71. The molecule has 25 N–H and O–H groups in total. The number of aliphatic carboxylic acids is 1. The molecule has 0 aromatic carbocycles. The van der Waals surface area contributed by atoms with Crippen LogP contribution in [0.2, 0.25) is 0 Å². The second-order valence-corrected chi connectivity index (χ2v) is 25.3. The van der Waals surface area contributed by atoms with Crippen molar-refractivity contribution in [1.29, 1.82) is 0 Å². The van der Waals surface area contributed by atoms with Crippen LogP contribution in [-0.2, 0) is 85.4 Å². The van der Waals surface area contributed by atoms with Gasteiger partial charge in [-0.2, -0.15) is 0 Å². The molecular formula is C55H92N2O41. The van der Waals surface area contributed by atoms with Gasteiger partial charge in [0, 0.05) is 20.3 Å². The Balaban J connectivity index is 1.05. The lowest BCUT2D eigenvalue weighted by Gasteiger charge is -2.51. The first-order chi connectivity index (χ1) is 46.0. The fourth-order valence-corrected chi connectivity index (χ4v) is 12.6. The third kappa shape index (κ3) is 17.0. The van der Waals surface area contributed by atoms with Crippen LogP contribution < -0.4 is 10.6 Å². The maximum Gasteiger partial charge on any atom is 0.364 e. The van der Waals surface area contributed by atoms with Crippen LogP contribution in [0.4, 0.5) is 0 Å². The molecule has 41 atom stereocenters. The number of rotatable bonds is 24. The highest BCUT2D eigenvalue weighted by Crippen LogP contribution is 2.41. The maximum absolute atomic E-state index is 13.6. The van der Waals surface area contributed by atoms with Crippen LogP contribution >= 0.6 is 0 Å². The van der Waals surface area contributed by atoms with E-state index in [4.69, 9.17) is 71.1 Å². The van der Waals surface area contributed by atoms with Gasteiger partial charge in [-0.15, -0.1) is 0 Å². The van der Waals surface area contributed by atoms with Crippen molar-refractivity contribution in [3.8, 4) is 0 Å². The molecule has 0 aliphatic carbocycles. The molecule has 0 aromatic heterocycles. The summed E-state index contributed by atoms with van der Waals surface area (Å²) in [7, 11) is 0. The number of amides is 2. The average Bonchev–Trinajstić information content (AvgIpc) is 0.762. The summed E-state index contributed by atoms with van der Waals surface area (Å²) in [5.41, 5.74) is 0. The molecule has 43 heteroatoms. The van der Waals surface area contributed by atoms with Gasteiger partial charge in [0.2, 0.25) is 11.8 Å². The van der Waals surface area contributed by atoms with Gasteiger partial charge < -0.3 is 199 Å². The topological polar surface area (TPSA) is 679 Å². The number of carboxylic acid groups (broad SMARTS) is 1. The number of hydrogen-bond acceptors (Lipinski definition) is 40. The van der Waals surface area contributed by atoms with Crippen molar-refractivity contribution in [2.45, 2.75) is 292 Å². The Morgan fingerprint density at radius 2 is 0.867 bits per heavy atom. The zero-order valence-corrected chi connectivity index (χ0v) is 53.0. The van der Waals surface area contributed by atoms with Gasteiger partial charge in [0.15, 0.2) is 44.0 Å². The van der Waals surface area contributed by atoms with E-state index in [0.29, 0.717) is 0 Å². The van der Waals surface area contributed by atoms with E-state index in [2.05, 4.69) is 10.6 Å². The Hall–Kier alpha value is -3.07. The van der Waals surface area contributed by atoms with Crippen molar-refractivity contribution in [2.24, 2.45) is 0 Å². The van der Waals surface area contributed by atoms with Crippen LogP contribution in [-0.4, -0.2) is 419 Å². The number of carboxylic acids is 1. The lowest BCUT2D eigenvalue weighted by atomic mass is 9.90. The number of aliphatic hydroxyl groups is 22. The normalized spacial score (nSPS) is 50.2. The van der Waals surface area contributed by atoms with Crippen LogP contribution in [0.25, 0.3) is 0 Å². The fourth-order valence-electron chi connectivity index (χ4n) is 12.6. The summed E-state index contributed by atoms with van der Waals surface area (Å²) in [5.74, 6) is -7.26. The number of aliphatic hydroxyl groups excluding tert-OH is 22. The Bertz CT molecular complexity index is 2560. The lowest BCUT2D eigenvalue weighted by molar-refractivity contribution is -0.400. The molecule has 8 saturated heterocycles. The van der Waals surface area contributed by atoms with Gasteiger partial charge in [-0.3, -0.25) is 9.59 Å². The SMILES string of the molecule is CC(=O)N[C@@H]1[C@@H](O[C@@H]2O[C@H](CO)[C@@H](O[C@@H]3O[C@H](CO)[C@H](O[C@H]4O[C@H](CO)[C@H](O)[C@H](O)[C@H]4O)[C@H](O)[C@H]3O[C@@H]3O[C@@H](C)[C@@H](O)[C@@H](O)[C@@H]3O)[C@H](O)[C@H]2NC(C)=O)[C@@H](O)[C@@H](CO[C@]2(C(=O)O)C[C@H](O[C@@H]3O[C@@H](C)[C@@H](O)[C@@H](O[C@@H]4O[C@@H](C)[C@@H](O)[C@@H](O)[C@@H]4O)[C@@H]3O)[C@@H](O)[C@H]([C@H](O)[C@H](O)CO)O2)O[C@H]1O. The Labute approximate surface area is 555 Å². The van der Waals surface area contributed by atoms with Gasteiger partial charge in [-0.1, -0.05) is 0 Å². The van der Waals surface area contributed by atoms with E-state index in [0.717, 1.165) is 13.8 Å². The molecule has 8 aliphatic rings. The molecule has 8 rings (SSSR count). The standard InChI is InChI=1S/C55H92N2O41/c1-12-25(65)33(73)36(76)49(85-12)96-44-27(67)14(3)87-52(40(44)80)89-18-6-55(54(82)83,98-45(30(18)70)28(68)17(64)7-58)84-11-22-31(71)43(24(47(81)88-22)57-16(5)63)95-48-23(56-15(4)62)32(72)41(20(9-60)91-48)94-53-46(97-50-37(77)34(74)26(66)13(2)86-50)39(79)42(21(10-61)92-53)93-51-38(78)35(75)29(69)19(8-59)90-51/h12-14,17-53,58-61,64-81H,6-11H2,1-5H3,(H,56,62)(H,57,63)(H,82,83)/t12-,13-,14-,17+,18-,19+,20+,21+,22+,23+,24+,25+,26+,27+,28+,29-,30+,31-,32+,33+,34+,35-,36-,37-,38+,39-,40-,41+,42-,43+,44+,45-,46+,47+,48-,49-,50-,51+,52-,53-,55+/m0/s1. The Morgan fingerprint density at radius 3 is 1.39 bits per heavy atom. The fraction of sp³-hybridized carbons (Fsp3) is 0.945. The minimum absolute atomic E-state index is 0.931. The average molecular weight is 1440 g/mol. The Morgan fingerprint density at radius 1 is 0.429 bits per heavy atom. The molecule has 98 heavy (non-hydrogen) atoms. The predicted octanol–water partition coefficient (Wildman–Crippen LogP) is -15.9. The molecule has 0 bridgehead atoms. The van der Waals surface area contributed by atoms with Crippen LogP contribution in [0.3, 0.4) is 0 Å². The third-order valence-electron chi connectivity index (χ3n) is 18.3. The van der Waals surface area contributed by atoms with Gasteiger partial charge in [-0.25, -0.2) is 4.79 Å². The highest BCUT2D eigenvalue weighted by atomic mass is 16.8. The molecule has 568 valence electrons. The molecule has 8 fully saturated rings. The minimum Gasteiger partial charge on any atom is -0.477 e. The first-order valence-corrected chi connectivity index (χ1v) is 31.3. The summed E-state index contributed by atoms with van der Waals surface area (Å²) in [4.78, 5) is 39.3. The number of carbonyl (C=O) groups excluding carboxylic acids is 2. The molecule has 0 unspecified atom stereocenters. The molecule has 0 radical (unpaired) electrons. The predicted molar refractivity (Wildman–Crippen MR) is 301 cm³/mol. The van der Waals surface area contributed by atoms with Crippen molar-refractivity contribution in [2.75, 3.05) is 33.0 Å². The third-order valence-corrected chi connectivity index (χ3v) is 18.3. The summed E-state index contributed by atoms with van der Waals surface area (Å²) in [6, 6.07) is -3.88. The summed E-state index contributed by atoms with van der Waals surface area (Å²) in [5, 5.41) is 256. The molecule has 0 aromatic rings. The summed E-state index contributed by atoms with van der Waals surface area (Å²) >= 11 is 0. The van der Waals surface area contributed by atoms with Gasteiger partial charge in [0.05, 0.1) is 57.5 Å². The molecule has 43 nitrogen and oxygen atoms in total. The second kappa shape index (κ2) is 33.8. The zero-order chi connectivity index (χ0) is 72.6. The highest BCUT2D eigenvalue weighted by Gasteiger charge is 2.62. The van der Waals surface area contributed by atoms with Gasteiger partial charge in [-0.05, 0) is 20.8 Å². The molecule has 0 saturated carbocycles. The zero-order valence-electron chi connectivity index (χ0n) is 53.0. The molecule has 2 amide bonds. The quantitative estimate of drug-likeness (QED) is 0.0427. The summed E-state index contributed by atoms with van der Waals surface area (Å²) < 4.78 is 87.0. The Kier molecular flexibility index (Phi) is 27.8. The molecule has 8 heterocycles. The highest BCUT2D eigenvalue weighted by molar-refractivity contribution is 5.76. The summed E-state index contributed by atoms with van der Waals surface area (Å²) in [6.07, 6.45) is -76.4. The largest absolute Gasteiger partial charge is 0.477 e. The first-order valence-electron chi connectivity index (χ1n) is 31.3. The van der Waals surface area contributed by atoms with Crippen LogP contribution in [0.5, 0.6) is 0 Å². The van der Waals surface area contributed by atoms with E-state index in [1.165, 1.54) is 20.8 Å². The number of nitrogens with one attached hydrogen (secondary N) is 2. The molecular weight excluding hydrogens is 1340 g/mol. The number of ether oxygens (including phenoxy) is 15. The van der Waals surface area contributed by atoms with E-state index in [-0.39, 0.29) is 0 Å². The van der Waals surface area contributed by atoms with Gasteiger partial charge in [0.25, 0.3) is 5.79 Å². The summed E-state index contributed by atoms with van der Waals surface area (Å²) in [6.45, 7) is -0.0736. The monoisotopic (exact) mass is 1440 g/mol.